The van der Waals surface area contributed by atoms with E-state index in [1.807, 2.05) is 11.3 Å². The summed E-state index contributed by atoms with van der Waals surface area (Å²) in [6.45, 7) is 12.4. The zero-order valence-electron chi connectivity index (χ0n) is 12.0. The molecular weight excluding hydrogens is 226 g/mol. The van der Waals surface area contributed by atoms with Crippen LogP contribution in [0.15, 0.2) is 12.1 Å². The van der Waals surface area contributed by atoms with E-state index in [2.05, 4.69) is 52.1 Å². The summed E-state index contributed by atoms with van der Waals surface area (Å²) in [6.07, 6.45) is 3.81. The molecule has 0 aliphatic rings. The third-order valence-electron chi connectivity index (χ3n) is 2.80. The Morgan fingerprint density at radius 1 is 1.18 bits per heavy atom. The first-order valence-corrected chi connectivity index (χ1v) is 7.54. The lowest BCUT2D eigenvalue weighted by Gasteiger charge is -2.15. The summed E-state index contributed by atoms with van der Waals surface area (Å²) < 4.78 is 0. The van der Waals surface area contributed by atoms with Gasteiger partial charge in [-0.05, 0) is 43.4 Å². The van der Waals surface area contributed by atoms with E-state index in [1.165, 1.54) is 24.1 Å². The fourth-order valence-electron chi connectivity index (χ4n) is 1.73. The molecule has 0 spiro atoms. The van der Waals surface area contributed by atoms with Gasteiger partial charge >= 0.3 is 0 Å². The number of unbranched alkanes of at least 4 members (excludes halogenated alkanes) is 1. The van der Waals surface area contributed by atoms with E-state index < -0.39 is 0 Å². The van der Waals surface area contributed by atoms with E-state index in [1.54, 1.807) is 4.88 Å². The van der Waals surface area contributed by atoms with Crippen LogP contribution in [0.5, 0.6) is 0 Å². The second kappa shape index (κ2) is 6.55. The lowest BCUT2D eigenvalue weighted by Crippen LogP contribution is -2.23. The Morgan fingerprint density at radius 3 is 2.41 bits per heavy atom. The van der Waals surface area contributed by atoms with Gasteiger partial charge in [0.2, 0.25) is 0 Å². The first-order valence-electron chi connectivity index (χ1n) is 6.72. The van der Waals surface area contributed by atoms with Crippen molar-refractivity contribution >= 4 is 11.3 Å². The number of hydrogen-bond donors (Lipinski definition) is 1. The van der Waals surface area contributed by atoms with Crippen molar-refractivity contribution in [2.24, 2.45) is 0 Å². The van der Waals surface area contributed by atoms with Gasteiger partial charge in [0, 0.05) is 15.8 Å². The van der Waals surface area contributed by atoms with Crippen molar-refractivity contribution in [1.29, 1.82) is 0 Å². The Kier molecular flexibility index (Phi) is 5.68. The zero-order valence-corrected chi connectivity index (χ0v) is 12.8. The Hall–Kier alpha value is -0.340. The van der Waals surface area contributed by atoms with Crippen molar-refractivity contribution < 1.29 is 0 Å². The monoisotopic (exact) mass is 253 g/mol. The summed E-state index contributed by atoms with van der Waals surface area (Å²) >= 11 is 1.98. The van der Waals surface area contributed by atoms with Gasteiger partial charge in [-0.25, -0.2) is 0 Å². The third kappa shape index (κ3) is 5.69. The van der Waals surface area contributed by atoms with Crippen LogP contribution in [0.4, 0.5) is 0 Å². The first-order chi connectivity index (χ1) is 7.89. The van der Waals surface area contributed by atoms with Crippen LogP contribution in [0.2, 0.25) is 0 Å². The Morgan fingerprint density at radius 2 is 1.88 bits per heavy atom. The molecule has 0 aromatic carbocycles. The molecular formula is C15H27NS. The summed E-state index contributed by atoms with van der Waals surface area (Å²) in [5, 5.41) is 3.46. The van der Waals surface area contributed by atoms with Gasteiger partial charge in [-0.15, -0.1) is 11.3 Å². The maximum Gasteiger partial charge on any atom is 0.0102 e. The molecule has 0 aliphatic carbocycles. The number of rotatable bonds is 6. The molecule has 1 heterocycles. The molecule has 0 saturated carbocycles. The quantitative estimate of drug-likeness (QED) is 0.743. The zero-order chi connectivity index (χ0) is 12.9. The van der Waals surface area contributed by atoms with Gasteiger partial charge in [0.25, 0.3) is 0 Å². The summed E-state index contributed by atoms with van der Waals surface area (Å²) in [5.41, 5.74) is 0.308. The highest BCUT2D eigenvalue weighted by molar-refractivity contribution is 7.12. The molecule has 0 unspecified atom stereocenters. The predicted molar refractivity (Wildman–Crippen MR) is 79.1 cm³/mol. The van der Waals surface area contributed by atoms with Gasteiger partial charge in [-0.1, -0.05) is 34.6 Å². The summed E-state index contributed by atoms with van der Waals surface area (Å²) in [7, 11) is 0. The van der Waals surface area contributed by atoms with Gasteiger partial charge < -0.3 is 5.32 Å². The van der Waals surface area contributed by atoms with Gasteiger partial charge in [0.15, 0.2) is 0 Å². The van der Waals surface area contributed by atoms with Gasteiger partial charge in [0.1, 0.15) is 0 Å². The van der Waals surface area contributed by atoms with Crippen LogP contribution >= 0.6 is 11.3 Å². The van der Waals surface area contributed by atoms with E-state index in [4.69, 9.17) is 0 Å². The normalized spacial score (nSPS) is 12.4. The number of hydrogen-bond acceptors (Lipinski definition) is 2. The highest BCUT2D eigenvalue weighted by Crippen LogP contribution is 2.30. The topological polar surface area (TPSA) is 12.0 Å². The lowest BCUT2D eigenvalue weighted by atomic mass is 9.95. The first kappa shape index (κ1) is 14.7. The summed E-state index contributed by atoms with van der Waals surface area (Å²) in [5.74, 6) is 0. The average molecular weight is 253 g/mol. The average Bonchev–Trinajstić information content (AvgIpc) is 2.64. The SMILES string of the molecule is CC(C)NCCCCc1ccc(C(C)(C)C)s1. The molecule has 0 saturated heterocycles. The highest BCUT2D eigenvalue weighted by Gasteiger charge is 2.15. The molecule has 1 N–H and O–H groups in total. The molecule has 0 radical (unpaired) electrons. The summed E-state index contributed by atoms with van der Waals surface area (Å²) in [4.78, 5) is 3.05. The number of nitrogens with one attached hydrogen (secondary N) is 1. The van der Waals surface area contributed by atoms with Crippen molar-refractivity contribution in [2.45, 2.75) is 65.3 Å². The standard InChI is InChI=1S/C15H27NS/c1-12(2)16-11-7-6-8-13-9-10-14(17-13)15(3,4)5/h9-10,12,16H,6-8,11H2,1-5H3. The second-order valence-electron chi connectivity index (χ2n) is 6.08. The molecule has 2 heteroatoms. The minimum atomic E-state index is 0.308. The Labute approximate surface area is 111 Å². The second-order valence-corrected chi connectivity index (χ2v) is 7.25. The molecule has 17 heavy (non-hydrogen) atoms. The van der Waals surface area contributed by atoms with E-state index in [0.29, 0.717) is 11.5 Å². The van der Waals surface area contributed by atoms with Crippen LogP contribution in [0.3, 0.4) is 0 Å². The largest absolute Gasteiger partial charge is 0.315 e. The van der Waals surface area contributed by atoms with E-state index >= 15 is 0 Å². The number of aryl methyl sites for hydroxylation is 1. The van der Waals surface area contributed by atoms with Crippen LogP contribution in [0.25, 0.3) is 0 Å². The Balaban J connectivity index is 2.26. The molecule has 1 nitrogen and oxygen atoms in total. The minimum Gasteiger partial charge on any atom is -0.315 e. The molecule has 0 aliphatic heterocycles. The van der Waals surface area contributed by atoms with E-state index in [9.17, 15) is 0 Å². The third-order valence-corrected chi connectivity index (χ3v) is 4.37. The molecule has 98 valence electrons. The van der Waals surface area contributed by atoms with Crippen molar-refractivity contribution in [3.05, 3.63) is 21.9 Å². The van der Waals surface area contributed by atoms with Gasteiger partial charge in [-0.2, -0.15) is 0 Å². The Bertz CT molecular complexity index is 320. The molecule has 0 fully saturated rings. The lowest BCUT2D eigenvalue weighted by molar-refractivity contribution is 0.558. The maximum atomic E-state index is 3.46. The molecule has 0 bridgehead atoms. The van der Waals surface area contributed by atoms with Crippen LogP contribution in [0.1, 0.15) is 57.2 Å². The number of thiophene rings is 1. The highest BCUT2D eigenvalue weighted by atomic mass is 32.1. The van der Waals surface area contributed by atoms with Crippen LogP contribution in [0, 0.1) is 0 Å². The van der Waals surface area contributed by atoms with Crippen LogP contribution in [-0.2, 0) is 11.8 Å². The molecule has 1 aromatic rings. The van der Waals surface area contributed by atoms with E-state index in [-0.39, 0.29) is 0 Å². The molecule has 0 atom stereocenters. The fraction of sp³-hybridized carbons (Fsp3) is 0.733. The molecule has 0 amide bonds. The molecule has 1 aromatic heterocycles. The predicted octanol–water partition coefficient (Wildman–Crippen LogP) is 4.37. The molecule has 1 rings (SSSR count). The minimum absolute atomic E-state index is 0.308. The van der Waals surface area contributed by atoms with E-state index in [0.717, 1.165) is 6.54 Å². The summed E-state index contributed by atoms with van der Waals surface area (Å²) in [6, 6.07) is 5.22. The van der Waals surface area contributed by atoms with Gasteiger partial charge in [0.05, 0.1) is 0 Å². The maximum absolute atomic E-state index is 3.46. The van der Waals surface area contributed by atoms with Crippen molar-refractivity contribution in [3.63, 3.8) is 0 Å². The van der Waals surface area contributed by atoms with Crippen molar-refractivity contribution in [1.82, 2.24) is 5.32 Å². The van der Waals surface area contributed by atoms with Crippen LogP contribution < -0.4 is 5.32 Å². The van der Waals surface area contributed by atoms with Crippen molar-refractivity contribution in [3.8, 4) is 0 Å². The van der Waals surface area contributed by atoms with Gasteiger partial charge in [-0.3, -0.25) is 0 Å². The smallest absolute Gasteiger partial charge is 0.0102 e. The van der Waals surface area contributed by atoms with Crippen LogP contribution in [-0.4, -0.2) is 12.6 Å². The fourth-order valence-corrected chi connectivity index (χ4v) is 2.84. The van der Waals surface area contributed by atoms with Crippen molar-refractivity contribution in [2.75, 3.05) is 6.54 Å².